The van der Waals surface area contributed by atoms with Crippen molar-refractivity contribution in [3.63, 3.8) is 0 Å². The largest absolute Gasteiger partial charge is 0.493 e. The topological polar surface area (TPSA) is 106 Å². The van der Waals surface area contributed by atoms with Gasteiger partial charge in [-0.3, -0.25) is 14.4 Å². The van der Waals surface area contributed by atoms with Gasteiger partial charge >= 0.3 is 0 Å². The van der Waals surface area contributed by atoms with Crippen molar-refractivity contribution in [1.82, 2.24) is 5.32 Å². The molecule has 0 radical (unpaired) electrons. The minimum absolute atomic E-state index is 0.0992. The number of nitrogens with one attached hydrogen (secondary N) is 2. The minimum Gasteiger partial charge on any atom is -0.493 e. The lowest BCUT2D eigenvalue weighted by Gasteiger charge is -2.19. The van der Waals surface area contributed by atoms with Crippen molar-refractivity contribution >= 4 is 29.1 Å². The molecule has 0 unspecified atom stereocenters. The van der Waals surface area contributed by atoms with Crippen LogP contribution in [0.4, 0.5) is 11.4 Å². The van der Waals surface area contributed by atoms with E-state index in [0.717, 1.165) is 5.69 Å². The summed E-state index contributed by atoms with van der Waals surface area (Å²) in [4.78, 5) is 39.3. The van der Waals surface area contributed by atoms with Crippen molar-refractivity contribution in [3.05, 3.63) is 42.5 Å². The van der Waals surface area contributed by atoms with E-state index in [1.807, 2.05) is 30.3 Å². The van der Waals surface area contributed by atoms with Crippen LogP contribution in [0.25, 0.3) is 0 Å². The van der Waals surface area contributed by atoms with Crippen LogP contribution in [0.2, 0.25) is 0 Å². The van der Waals surface area contributed by atoms with E-state index in [1.54, 1.807) is 24.0 Å². The molecule has 1 aliphatic rings. The number of amides is 3. The van der Waals surface area contributed by atoms with E-state index in [4.69, 9.17) is 14.2 Å². The summed E-state index contributed by atoms with van der Waals surface area (Å²) in [7, 11) is 4.45. The predicted molar refractivity (Wildman–Crippen MR) is 119 cm³/mol. The molecule has 1 aliphatic heterocycles. The summed E-state index contributed by atoms with van der Waals surface area (Å²) in [6.07, 6.45) is 0.0992. The highest BCUT2D eigenvalue weighted by molar-refractivity contribution is 6.02. The van der Waals surface area contributed by atoms with Crippen LogP contribution in [0.15, 0.2) is 42.5 Å². The molecular weight excluding hydrogens is 414 g/mol. The molecule has 3 amide bonds. The molecule has 0 aromatic heterocycles. The summed E-state index contributed by atoms with van der Waals surface area (Å²) in [5.41, 5.74) is 1.18. The molecule has 1 fully saturated rings. The number of ether oxygens (including phenoxy) is 3. The van der Waals surface area contributed by atoms with Gasteiger partial charge in [0.15, 0.2) is 11.5 Å². The number of para-hydroxylation sites is 1. The van der Waals surface area contributed by atoms with Crippen LogP contribution in [0.5, 0.6) is 17.2 Å². The molecular formula is C23H27N3O6. The third kappa shape index (κ3) is 4.93. The molecule has 2 atom stereocenters. The van der Waals surface area contributed by atoms with Crippen molar-refractivity contribution in [1.29, 1.82) is 0 Å². The predicted octanol–water partition coefficient (Wildman–Crippen LogP) is 2.21. The number of methoxy groups -OCH3 is 3. The molecule has 2 aromatic carbocycles. The minimum atomic E-state index is -0.817. The summed E-state index contributed by atoms with van der Waals surface area (Å²) >= 11 is 0. The van der Waals surface area contributed by atoms with Crippen LogP contribution in [0.1, 0.15) is 13.3 Å². The van der Waals surface area contributed by atoms with E-state index in [9.17, 15) is 14.4 Å². The van der Waals surface area contributed by atoms with Gasteiger partial charge in [0.2, 0.25) is 23.5 Å². The molecule has 0 spiro atoms. The second kappa shape index (κ2) is 10.0. The third-order valence-electron chi connectivity index (χ3n) is 5.25. The highest BCUT2D eigenvalue weighted by Crippen LogP contribution is 2.40. The lowest BCUT2D eigenvalue weighted by molar-refractivity contribution is -0.129. The molecule has 0 bridgehead atoms. The average molecular weight is 441 g/mol. The summed E-state index contributed by atoms with van der Waals surface area (Å²) in [6, 6.07) is 11.6. The van der Waals surface area contributed by atoms with Gasteiger partial charge < -0.3 is 29.7 Å². The van der Waals surface area contributed by atoms with Gasteiger partial charge in [0.1, 0.15) is 6.04 Å². The van der Waals surface area contributed by atoms with E-state index in [0.29, 0.717) is 22.9 Å². The zero-order chi connectivity index (χ0) is 23.3. The summed E-state index contributed by atoms with van der Waals surface area (Å²) in [5.74, 6) is -0.219. The molecule has 3 rings (SSSR count). The first-order chi connectivity index (χ1) is 15.4. The SMILES string of the molecule is COc1cc(NC(=O)[C@H](C)NC(=O)[C@H]2CC(=O)N(c3ccccc3)C2)cc(OC)c1OC. The fraction of sp³-hybridized carbons (Fsp3) is 0.348. The Kier molecular flexibility index (Phi) is 7.19. The fourth-order valence-corrected chi connectivity index (χ4v) is 3.54. The van der Waals surface area contributed by atoms with Gasteiger partial charge in [0.25, 0.3) is 0 Å². The monoisotopic (exact) mass is 441 g/mol. The molecule has 9 nitrogen and oxygen atoms in total. The standard InChI is InChI=1S/C23H27N3O6/c1-14(22(28)25-16-11-18(30-2)21(32-4)19(12-16)31-3)24-23(29)15-10-20(27)26(13-15)17-8-6-5-7-9-17/h5-9,11-12,14-15H,10,13H2,1-4H3,(H,24,29)(H,25,28)/t14-,15-/m0/s1. The Morgan fingerprint density at radius 3 is 2.22 bits per heavy atom. The first kappa shape index (κ1) is 22.9. The number of rotatable bonds is 8. The van der Waals surface area contributed by atoms with Gasteiger partial charge in [-0.05, 0) is 19.1 Å². The zero-order valence-corrected chi connectivity index (χ0v) is 18.5. The Balaban J connectivity index is 1.62. The van der Waals surface area contributed by atoms with Crippen LogP contribution in [0.3, 0.4) is 0 Å². The maximum absolute atomic E-state index is 12.7. The zero-order valence-electron chi connectivity index (χ0n) is 18.5. The highest BCUT2D eigenvalue weighted by atomic mass is 16.5. The van der Waals surface area contributed by atoms with E-state index in [2.05, 4.69) is 10.6 Å². The Bertz CT molecular complexity index is 969. The summed E-state index contributed by atoms with van der Waals surface area (Å²) in [6.45, 7) is 1.85. The van der Waals surface area contributed by atoms with Crippen molar-refractivity contribution in [2.45, 2.75) is 19.4 Å². The molecule has 0 saturated carbocycles. The number of carbonyl (C=O) groups is 3. The van der Waals surface area contributed by atoms with Crippen LogP contribution in [-0.4, -0.2) is 51.6 Å². The Morgan fingerprint density at radius 2 is 1.66 bits per heavy atom. The molecule has 2 N–H and O–H groups in total. The van der Waals surface area contributed by atoms with Gasteiger partial charge in [-0.25, -0.2) is 0 Å². The number of anilines is 2. The fourth-order valence-electron chi connectivity index (χ4n) is 3.54. The molecule has 32 heavy (non-hydrogen) atoms. The maximum Gasteiger partial charge on any atom is 0.246 e. The molecule has 170 valence electrons. The first-order valence-corrected chi connectivity index (χ1v) is 10.1. The van der Waals surface area contributed by atoms with Gasteiger partial charge in [0, 0.05) is 36.5 Å². The Hall–Kier alpha value is -3.75. The summed E-state index contributed by atoms with van der Waals surface area (Å²) in [5, 5.41) is 5.43. The van der Waals surface area contributed by atoms with Gasteiger partial charge in [-0.1, -0.05) is 18.2 Å². The van der Waals surface area contributed by atoms with Crippen molar-refractivity contribution in [2.24, 2.45) is 5.92 Å². The maximum atomic E-state index is 12.7. The summed E-state index contributed by atoms with van der Waals surface area (Å²) < 4.78 is 15.8. The van der Waals surface area contributed by atoms with Crippen molar-refractivity contribution < 1.29 is 28.6 Å². The second-order valence-electron chi connectivity index (χ2n) is 7.37. The molecule has 2 aromatic rings. The van der Waals surface area contributed by atoms with Gasteiger partial charge in [0.05, 0.1) is 27.2 Å². The van der Waals surface area contributed by atoms with Gasteiger partial charge in [-0.15, -0.1) is 0 Å². The average Bonchev–Trinajstić information content (AvgIpc) is 3.20. The van der Waals surface area contributed by atoms with E-state index in [-0.39, 0.29) is 24.8 Å². The number of hydrogen-bond donors (Lipinski definition) is 2. The normalized spacial score (nSPS) is 16.3. The molecule has 1 saturated heterocycles. The van der Waals surface area contributed by atoms with Crippen molar-refractivity contribution in [3.8, 4) is 17.2 Å². The lowest BCUT2D eigenvalue weighted by Crippen LogP contribution is -2.44. The first-order valence-electron chi connectivity index (χ1n) is 10.1. The number of hydrogen-bond acceptors (Lipinski definition) is 6. The molecule has 9 heteroatoms. The smallest absolute Gasteiger partial charge is 0.246 e. The Morgan fingerprint density at radius 1 is 1.03 bits per heavy atom. The third-order valence-corrected chi connectivity index (χ3v) is 5.25. The molecule has 1 heterocycles. The number of nitrogens with zero attached hydrogens (tertiary/aromatic N) is 1. The van der Waals surface area contributed by atoms with E-state index >= 15 is 0 Å². The quantitative estimate of drug-likeness (QED) is 0.651. The van der Waals surface area contributed by atoms with E-state index < -0.39 is 17.9 Å². The van der Waals surface area contributed by atoms with Gasteiger partial charge in [-0.2, -0.15) is 0 Å². The van der Waals surface area contributed by atoms with Crippen LogP contribution in [-0.2, 0) is 14.4 Å². The van der Waals surface area contributed by atoms with Crippen LogP contribution >= 0.6 is 0 Å². The van der Waals surface area contributed by atoms with Crippen LogP contribution < -0.4 is 29.7 Å². The second-order valence-corrected chi connectivity index (χ2v) is 7.37. The highest BCUT2D eigenvalue weighted by Gasteiger charge is 2.36. The lowest BCUT2D eigenvalue weighted by atomic mass is 10.1. The van der Waals surface area contributed by atoms with E-state index in [1.165, 1.54) is 21.3 Å². The van der Waals surface area contributed by atoms with Crippen LogP contribution in [0, 0.1) is 5.92 Å². The Labute approximate surface area is 186 Å². The number of benzene rings is 2. The molecule has 0 aliphatic carbocycles. The van der Waals surface area contributed by atoms with Crippen molar-refractivity contribution in [2.75, 3.05) is 38.1 Å². The number of carbonyl (C=O) groups excluding carboxylic acids is 3.